The van der Waals surface area contributed by atoms with Gasteiger partial charge in [0.15, 0.2) is 0 Å². The van der Waals surface area contributed by atoms with Crippen LogP contribution in [0.25, 0.3) is 0 Å². The quantitative estimate of drug-likeness (QED) is 0.580. The van der Waals surface area contributed by atoms with Crippen LogP contribution in [0.3, 0.4) is 0 Å². The summed E-state index contributed by atoms with van der Waals surface area (Å²) in [6.07, 6.45) is 3.98. The fourth-order valence-corrected chi connectivity index (χ4v) is 0.500. The third kappa shape index (κ3) is 33.7. The summed E-state index contributed by atoms with van der Waals surface area (Å²) in [5.41, 5.74) is 0. The van der Waals surface area contributed by atoms with E-state index in [1.165, 1.54) is 0 Å². The number of hydrogen-bond acceptors (Lipinski definition) is 0. The molecular weight excluding hydrogens is 339 g/mol. The Morgan fingerprint density at radius 1 is 0.538 bits per heavy atom. The molecule has 0 aromatic rings. The van der Waals surface area contributed by atoms with E-state index in [-0.39, 0.29) is 21.1 Å². The second-order valence-electron chi connectivity index (χ2n) is 2.12. The van der Waals surface area contributed by atoms with Crippen LogP contribution in [0, 0.1) is 23.7 Å². The van der Waals surface area contributed by atoms with Crippen LogP contribution in [-0.2, 0) is 21.1 Å². The molecule has 0 rings (SSSR count). The molecule has 0 aromatic carbocycles. The molecule has 78 valence electrons. The van der Waals surface area contributed by atoms with Gasteiger partial charge in [-0.2, -0.15) is 0 Å². The van der Waals surface area contributed by atoms with Crippen molar-refractivity contribution in [1.29, 1.82) is 0 Å². The summed E-state index contributed by atoms with van der Waals surface area (Å²) in [5, 5.41) is 0. The van der Waals surface area contributed by atoms with Crippen LogP contribution >= 0.6 is 0 Å². The van der Waals surface area contributed by atoms with Gasteiger partial charge in [-0.1, -0.05) is 27.7 Å². The molecule has 0 unspecified atom stereocenters. The minimum absolute atomic E-state index is 0. The topological polar surface area (TPSA) is 0 Å². The monoisotopic (exact) mass is 359 g/mol. The first kappa shape index (κ1) is 18.6. The van der Waals surface area contributed by atoms with E-state index in [0.29, 0.717) is 0 Å². The minimum atomic E-state index is 0. The predicted molar refractivity (Wildman–Crippen MR) is 56.7 cm³/mol. The van der Waals surface area contributed by atoms with Crippen LogP contribution < -0.4 is 0 Å². The van der Waals surface area contributed by atoms with Gasteiger partial charge >= 0.3 is 0 Å². The molecule has 0 bridgehead atoms. The third-order valence-electron chi connectivity index (χ3n) is 0.957. The minimum Gasteiger partial charge on any atom is -0.104 e. The molecule has 0 aromatic heterocycles. The van der Waals surface area contributed by atoms with Crippen molar-refractivity contribution in [3.63, 3.8) is 0 Å². The molecule has 0 fully saturated rings. The zero-order valence-corrected chi connectivity index (χ0v) is 11.4. The smallest absolute Gasteiger partial charge is 0.00602 e. The molecule has 0 atom stereocenters. The summed E-state index contributed by atoms with van der Waals surface area (Å²) in [7, 11) is 0. The van der Waals surface area contributed by atoms with Crippen molar-refractivity contribution in [3.05, 3.63) is 0 Å². The van der Waals surface area contributed by atoms with Crippen molar-refractivity contribution in [1.82, 2.24) is 0 Å². The predicted octanol–water partition coefficient (Wildman–Crippen LogP) is 3.62. The van der Waals surface area contributed by atoms with Gasteiger partial charge in [0.05, 0.1) is 0 Å². The SMILES string of the molecule is CCC#CCC.CCC#CCC.[Pt]. The maximum atomic E-state index is 2.95. The molecule has 0 amide bonds. The van der Waals surface area contributed by atoms with E-state index in [1.807, 2.05) is 0 Å². The summed E-state index contributed by atoms with van der Waals surface area (Å²) >= 11 is 0. The molecule has 0 saturated heterocycles. The molecule has 1 heteroatoms. The first-order chi connectivity index (χ1) is 5.83. The van der Waals surface area contributed by atoms with Crippen LogP contribution in [-0.4, -0.2) is 0 Å². The van der Waals surface area contributed by atoms with Crippen LogP contribution in [0.1, 0.15) is 53.4 Å². The van der Waals surface area contributed by atoms with Crippen molar-refractivity contribution in [2.24, 2.45) is 0 Å². The van der Waals surface area contributed by atoms with Gasteiger partial charge < -0.3 is 0 Å². The van der Waals surface area contributed by atoms with Crippen molar-refractivity contribution in [2.75, 3.05) is 0 Å². The third-order valence-corrected chi connectivity index (χ3v) is 0.957. The van der Waals surface area contributed by atoms with Gasteiger partial charge in [-0.05, 0) is 0 Å². The van der Waals surface area contributed by atoms with Crippen molar-refractivity contribution in [2.45, 2.75) is 53.4 Å². The van der Waals surface area contributed by atoms with Crippen LogP contribution in [0.15, 0.2) is 0 Å². The van der Waals surface area contributed by atoms with Crippen molar-refractivity contribution >= 4 is 0 Å². The summed E-state index contributed by atoms with van der Waals surface area (Å²) in [6.45, 7) is 8.23. The fraction of sp³-hybridized carbons (Fsp3) is 0.667. The first-order valence-corrected chi connectivity index (χ1v) is 4.74. The molecule has 0 N–H and O–H groups in total. The molecule has 0 saturated carbocycles. The average molecular weight is 359 g/mol. The summed E-state index contributed by atoms with van der Waals surface area (Å²) in [4.78, 5) is 0. The maximum absolute atomic E-state index is 2.95. The van der Waals surface area contributed by atoms with E-state index in [2.05, 4.69) is 51.4 Å². The average Bonchev–Trinajstić information content (AvgIpc) is 2.12. The van der Waals surface area contributed by atoms with Gasteiger partial charge in [-0.15, -0.1) is 23.7 Å². The van der Waals surface area contributed by atoms with E-state index >= 15 is 0 Å². The first-order valence-electron chi connectivity index (χ1n) is 4.74. The molecular formula is C12H20Pt. The Hall–Kier alpha value is -0.192. The van der Waals surface area contributed by atoms with E-state index in [9.17, 15) is 0 Å². The van der Waals surface area contributed by atoms with Crippen LogP contribution in [0.4, 0.5) is 0 Å². The van der Waals surface area contributed by atoms with Crippen LogP contribution in [0.2, 0.25) is 0 Å². The zero-order chi connectivity index (χ0) is 9.66. The van der Waals surface area contributed by atoms with Crippen molar-refractivity contribution < 1.29 is 21.1 Å². The van der Waals surface area contributed by atoms with Gasteiger partial charge in [-0.3, -0.25) is 0 Å². The fourth-order valence-electron chi connectivity index (χ4n) is 0.500. The Balaban J connectivity index is -0.000000143. The van der Waals surface area contributed by atoms with E-state index in [0.717, 1.165) is 25.7 Å². The van der Waals surface area contributed by atoms with Gasteiger partial charge in [0.1, 0.15) is 0 Å². The molecule has 0 nitrogen and oxygen atoms in total. The Kier molecular flexibility index (Phi) is 32.3. The Bertz CT molecular complexity index is 135. The maximum Gasteiger partial charge on any atom is 0.00602 e. The summed E-state index contributed by atoms with van der Waals surface area (Å²) in [5.74, 6) is 11.8. The van der Waals surface area contributed by atoms with E-state index in [4.69, 9.17) is 0 Å². The van der Waals surface area contributed by atoms with Gasteiger partial charge in [0, 0.05) is 46.7 Å². The molecule has 0 aliphatic heterocycles. The normalized spacial score (nSPS) is 5.85. The second-order valence-corrected chi connectivity index (χ2v) is 2.12. The van der Waals surface area contributed by atoms with Gasteiger partial charge in [0.2, 0.25) is 0 Å². The largest absolute Gasteiger partial charge is 0.104 e. The molecule has 0 aliphatic carbocycles. The Morgan fingerprint density at radius 2 is 0.692 bits per heavy atom. The Morgan fingerprint density at radius 3 is 0.769 bits per heavy atom. The number of hydrogen-bond donors (Lipinski definition) is 0. The van der Waals surface area contributed by atoms with E-state index < -0.39 is 0 Å². The van der Waals surface area contributed by atoms with Crippen LogP contribution in [0.5, 0.6) is 0 Å². The molecule has 0 spiro atoms. The number of rotatable bonds is 0. The molecule has 13 heavy (non-hydrogen) atoms. The second kappa shape index (κ2) is 22.6. The standard InChI is InChI=1S/2C6H10.Pt/c2*1-3-5-6-4-2;/h2*3-4H2,1-2H3;. The molecule has 0 radical (unpaired) electrons. The van der Waals surface area contributed by atoms with Gasteiger partial charge in [-0.25, -0.2) is 0 Å². The summed E-state index contributed by atoms with van der Waals surface area (Å²) in [6, 6.07) is 0. The van der Waals surface area contributed by atoms with Gasteiger partial charge in [0.25, 0.3) is 0 Å². The van der Waals surface area contributed by atoms with E-state index in [1.54, 1.807) is 0 Å². The molecule has 0 aliphatic rings. The Labute approximate surface area is 98.1 Å². The molecule has 0 heterocycles. The van der Waals surface area contributed by atoms with Crippen molar-refractivity contribution in [3.8, 4) is 23.7 Å². The summed E-state index contributed by atoms with van der Waals surface area (Å²) < 4.78 is 0. The zero-order valence-electron chi connectivity index (χ0n) is 9.14.